The van der Waals surface area contributed by atoms with Crippen molar-refractivity contribution in [2.24, 2.45) is 0 Å². The fraction of sp³-hybridized carbons (Fsp3) is 0.267. The van der Waals surface area contributed by atoms with Crippen LogP contribution in [0.2, 0.25) is 5.02 Å². The number of nitrogens with zero attached hydrogens (tertiary/aromatic N) is 2. The smallest absolute Gasteiger partial charge is 0.128 e. The van der Waals surface area contributed by atoms with Crippen LogP contribution in [-0.4, -0.2) is 17.1 Å². The van der Waals surface area contributed by atoms with Crippen molar-refractivity contribution in [1.82, 2.24) is 4.98 Å². The highest BCUT2D eigenvalue weighted by molar-refractivity contribution is 6.31. The fourth-order valence-corrected chi connectivity index (χ4v) is 2.03. The summed E-state index contributed by atoms with van der Waals surface area (Å²) < 4.78 is 0. The minimum absolute atomic E-state index is 0.490. The molecule has 0 spiro atoms. The average molecular weight is 277 g/mol. The lowest BCUT2D eigenvalue weighted by Crippen LogP contribution is -2.17. The van der Waals surface area contributed by atoms with Gasteiger partial charge in [0, 0.05) is 24.8 Å². The van der Waals surface area contributed by atoms with E-state index in [-0.39, 0.29) is 0 Å². The maximum absolute atomic E-state index is 9.45. The molecule has 0 saturated heterocycles. The molecular weight excluding hydrogens is 260 g/mol. The monoisotopic (exact) mass is 276 g/mol. The molecule has 100 valence electrons. The molecule has 0 bridgehead atoms. The molecule has 0 aliphatic rings. The molecule has 0 fully saturated rings. The molecule has 1 heterocycles. The van der Waals surface area contributed by atoms with Crippen LogP contribution < -0.4 is 4.90 Å². The van der Waals surface area contributed by atoms with Crippen molar-refractivity contribution in [1.29, 1.82) is 0 Å². The zero-order chi connectivity index (χ0) is 13.8. The van der Waals surface area contributed by atoms with Crippen molar-refractivity contribution >= 4 is 17.4 Å². The zero-order valence-corrected chi connectivity index (χ0v) is 11.8. The summed E-state index contributed by atoms with van der Waals surface area (Å²) in [6.07, 6.45) is 1.21. The summed E-state index contributed by atoms with van der Waals surface area (Å²) in [4.78, 5) is 6.37. The van der Waals surface area contributed by atoms with Gasteiger partial charge in [0.2, 0.25) is 0 Å². The highest BCUT2D eigenvalue weighted by atomic mass is 35.5. The molecule has 0 amide bonds. The highest BCUT2D eigenvalue weighted by Gasteiger charge is 2.07. The van der Waals surface area contributed by atoms with E-state index in [0.717, 1.165) is 22.0 Å². The van der Waals surface area contributed by atoms with E-state index in [1.807, 2.05) is 48.3 Å². The SMILES string of the molecule is CC(O)c1ccc(N(C)Cc2ccccc2Cl)nc1. The van der Waals surface area contributed by atoms with Crippen molar-refractivity contribution in [3.05, 3.63) is 58.7 Å². The van der Waals surface area contributed by atoms with Crippen LogP contribution in [0.25, 0.3) is 0 Å². The minimum Gasteiger partial charge on any atom is -0.389 e. The number of aromatic nitrogens is 1. The van der Waals surface area contributed by atoms with Gasteiger partial charge in [-0.25, -0.2) is 4.98 Å². The summed E-state index contributed by atoms with van der Waals surface area (Å²) in [5, 5.41) is 10.2. The Balaban J connectivity index is 2.12. The van der Waals surface area contributed by atoms with Crippen molar-refractivity contribution in [3.8, 4) is 0 Å². The third-order valence-corrected chi connectivity index (χ3v) is 3.38. The molecule has 2 aromatic rings. The van der Waals surface area contributed by atoms with Crippen molar-refractivity contribution in [3.63, 3.8) is 0 Å². The van der Waals surface area contributed by atoms with Crippen LogP contribution in [0, 0.1) is 0 Å². The molecule has 0 aliphatic carbocycles. The Labute approximate surface area is 118 Å². The molecule has 4 heteroatoms. The molecule has 0 radical (unpaired) electrons. The number of aliphatic hydroxyl groups excluding tert-OH is 1. The molecular formula is C15H17ClN2O. The fourth-order valence-electron chi connectivity index (χ4n) is 1.83. The second-order valence-electron chi connectivity index (χ2n) is 4.57. The quantitative estimate of drug-likeness (QED) is 0.929. The number of rotatable bonds is 4. The van der Waals surface area contributed by atoms with Gasteiger partial charge in [0.25, 0.3) is 0 Å². The second kappa shape index (κ2) is 6.04. The molecule has 19 heavy (non-hydrogen) atoms. The van der Waals surface area contributed by atoms with Gasteiger partial charge in [0.1, 0.15) is 5.82 Å². The normalized spacial score (nSPS) is 12.2. The maximum Gasteiger partial charge on any atom is 0.128 e. The summed E-state index contributed by atoms with van der Waals surface area (Å²) >= 11 is 6.14. The topological polar surface area (TPSA) is 36.4 Å². The molecule has 1 unspecified atom stereocenters. The lowest BCUT2D eigenvalue weighted by Gasteiger charge is -2.19. The van der Waals surface area contributed by atoms with E-state index in [9.17, 15) is 5.11 Å². The molecule has 0 saturated carbocycles. The Kier molecular flexibility index (Phi) is 4.40. The number of aliphatic hydroxyl groups is 1. The van der Waals surface area contributed by atoms with Crippen LogP contribution >= 0.6 is 11.6 Å². The largest absolute Gasteiger partial charge is 0.389 e. The van der Waals surface area contributed by atoms with Crippen molar-refractivity contribution in [2.75, 3.05) is 11.9 Å². The predicted octanol–water partition coefficient (Wildman–Crippen LogP) is 3.42. The van der Waals surface area contributed by atoms with Crippen LogP contribution in [0.5, 0.6) is 0 Å². The third kappa shape index (κ3) is 3.46. The van der Waals surface area contributed by atoms with E-state index in [0.29, 0.717) is 6.54 Å². The van der Waals surface area contributed by atoms with Gasteiger partial charge in [0.15, 0.2) is 0 Å². The van der Waals surface area contributed by atoms with E-state index in [2.05, 4.69) is 4.98 Å². The second-order valence-corrected chi connectivity index (χ2v) is 4.98. The maximum atomic E-state index is 9.45. The Morgan fingerprint density at radius 1 is 1.26 bits per heavy atom. The molecule has 3 nitrogen and oxygen atoms in total. The van der Waals surface area contributed by atoms with E-state index in [4.69, 9.17) is 11.6 Å². The summed E-state index contributed by atoms with van der Waals surface area (Å²) in [6.45, 7) is 2.42. The number of pyridine rings is 1. The van der Waals surface area contributed by atoms with Gasteiger partial charge in [-0.3, -0.25) is 0 Å². The van der Waals surface area contributed by atoms with Crippen molar-refractivity contribution in [2.45, 2.75) is 19.6 Å². The molecule has 1 aromatic carbocycles. The lowest BCUT2D eigenvalue weighted by atomic mass is 10.2. The summed E-state index contributed by atoms with van der Waals surface area (Å²) in [7, 11) is 1.97. The Hall–Kier alpha value is -1.58. The van der Waals surface area contributed by atoms with Crippen LogP contribution in [0.1, 0.15) is 24.2 Å². The lowest BCUT2D eigenvalue weighted by molar-refractivity contribution is 0.199. The number of hydrogen-bond donors (Lipinski definition) is 1. The van der Waals surface area contributed by atoms with Crippen LogP contribution in [0.4, 0.5) is 5.82 Å². The number of halogens is 1. The van der Waals surface area contributed by atoms with E-state index in [1.54, 1.807) is 13.1 Å². The first-order chi connectivity index (χ1) is 9.08. The van der Waals surface area contributed by atoms with E-state index in [1.165, 1.54) is 0 Å². The Morgan fingerprint density at radius 2 is 2.00 bits per heavy atom. The first kappa shape index (κ1) is 13.8. The summed E-state index contributed by atoms with van der Waals surface area (Å²) in [5.41, 5.74) is 1.88. The van der Waals surface area contributed by atoms with Crippen LogP contribution in [0.15, 0.2) is 42.6 Å². The molecule has 1 aromatic heterocycles. The van der Waals surface area contributed by atoms with E-state index >= 15 is 0 Å². The number of anilines is 1. The van der Waals surface area contributed by atoms with Gasteiger partial charge in [-0.1, -0.05) is 35.9 Å². The molecule has 1 N–H and O–H groups in total. The first-order valence-corrected chi connectivity index (χ1v) is 6.54. The van der Waals surface area contributed by atoms with Gasteiger partial charge >= 0.3 is 0 Å². The third-order valence-electron chi connectivity index (χ3n) is 3.01. The highest BCUT2D eigenvalue weighted by Crippen LogP contribution is 2.20. The standard InChI is InChI=1S/C15H17ClN2O/c1-11(19)12-7-8-15(17-9-12)18(2)10-13-5-3-4-6-14(13)16/h3-9,11,19H,10H2,1-2H3. The van der Waals surface area contributed by atoms with Gasteiger partial charge in [-0.05, 0) is 30.2 Å². The van der Waals surface area contributed by atoms with E-state index < -0.39 is 6.10 Å². The van der Waals surface area contributed by atoms with Gasteiger partial charge in [0.05, 0.1) is 6.10 Å². The molecule has 0 aliphatic heterocycles. The Morgan fingerprint density at radius 3 is 2.58 bits per heavy atom. The Bertz CT molecular complexity index is 540. The van der Waals surface area contributed by atoms with Gasteiger partial charge < -0.3 is 10.0 Å². The molecule has 2 rings (SSSR count). The van der Waals surface area contributed by atoms with Crippen LogP contribution in [0.3, 0.4) is 0 Å². The molecule has 1 atom stereocenters. The zero-order valence-electron chi connectivity index (χ0n) is 11.0. The first-order valence-electron chi connectivity index (χ1n) is 6.16. The average Bonchev–Trinajstić information content (AvgIpc) is 2.41. The number of hydrogen-bond acceptors (Lipinski definition) is 3. The van der Waals surface area contributed by atoms with Crippen molar-refractivity contribution < 1.29 is 5.11 Å². The number of benzene rings is 1. The van der Waals surface area contributed by atoms with Gasteiger partial charge in [-0.2, -0.15) is 0 Å². The summed E-state index contributed by atoms with van der Waals surface area (Å²) in [6, 6.07) is 11.6. The minimum atomic E-state index is -0.490. The van der Waals surface area contributed by atoms with Gasteiger partial charge in [-0.15, -0.1) is 0 Å². The summed E-state index contributed by atoms with van der Waals surface area (Å²) in [5.74, 6) is 0.851. The van der Waals surface area contributed by atoms with Crippen LogP contribution in [-0.2, 0) is 6.54 Å². The predicted molar refractivity (Wildman–Crippen MR) is 78.4 cm³/mol.